The molecule has 0 saturated carbocycles. The topological polar surface area (TPSA) is 27.7 Å². The smallest absolute Gasteiger partial charge is 0.118 e. The molecule has 0 bridgehead atoms. The van der Waals surface area contributed by atoms with E-state index in [4.69, 9.17) is 13.7 Å². The van der Waals surface area contributed by atoms with Crippen LogP contribution >= 0.6 is 28.0 Å². The summed E-state index contributed by atoms with van der Waals surface area (Å²) in [6.07, 6.45) is 2.55. The third-order valence-corrected chi connectivity index (χ3v) is 4.62. The lowest BCUT2D eigenvalue weighted by molar-refractivity contribution is 0.0589. The highest BCUT2D eigenvalue weighted by molar-refractivity contribution is 9.10. The van der Waals surface area contributed by atoms with Crippen LogP contribution in [0.2, 0.25) is 0 Å². The molecule has 0 aliphatic rings. The number of hydrogen-bond donors (Lipinski definition) is 0. The molecule has 0 aromatic heterocycles. The fourth-order valence-electron chi connectivity index (χ4n) is 1.96. The minimum Gasteiger partial charge on any atom is -0.497 e. The average Bonchev–Trinajstić information content (AvgIpc) is 2.63. The monoisotopic (exact) mass is 408 g/mol. The van der Waals surface area contributed by atoms with Crippen molar-refractivity contribution in [3.63, 3.8) is 0 Å². The normalized spacial score (nSPS) is 11.9. The van der Waals surface area contributed by atoms with Crippen LogP contribution in [-0.2, 0) is 15.5 Å². The second-order valence-electron chi connectivity index (χ2n) is 5.08. The molecule has 0 N–H and O–H groups in total. The summed E-state index contributed by atoms with van der Waals surface area (Å²) in [5, 5.41) is 0. The molecule has 0 aliphatic carbocycles. The Labute approximate surface area is 156 Å². The van der Waals surface area contributed by atoms with Gasteiger partial charge in [0.2, 0.25) is 0 Å². The van der Waals surface area contributed by atoms with Crippen molar-refractivity contribution in [2.75, 3.05) is 13.7 Å². The molecule has 2 aromatic rings. The van der Waals surface area contributed by atoms with E-state index < -0.39 is 0 Å². The molecule has 0 amide bonds. The Bertz CT molecular complexity index is 614. The second kappa shape index (κ2) is 10.6. The first kappa shape index (κ1) is 19.1. The van der Waals surface area contributed by atoms with Crippen LogP contribution in [0.15, 0.2) is 70.6 Å². The number of rotatable bonds is 10. The van der Waals surface area contributed by atoms with Crippen molar-refractivity contribution in [1.29, 1.82) is 0 Å². The van der Waals surface area contributed by atoms with Crippen molar-refractivity contribution in [2.45, 2.75) is 24.0 Å². The summed E-state index contributed by atoms with van der Waals surface area (Å²) in [7, 11) is 1.66. The maximum absolute atomic E-state index is 5.86. The van der Waals surface area contributed by atoms with Gasteiger partial charge < -0.3 is 13.7 Å². The highest BCUT2D eigenvalue weighted by Gasteiger charge is 2.06. The van der Waals surface area contributed by atoms with Gasteiger partial charge in [0, 0.05) is 27.8 Å². The summed E-state index contributed by atoms with van der Waals surface area (Å²) in [6, 6.07) is 15.9. The first-order chi connectivity index (χ1) is 11.7. The Morgan fingerprint density at radius 1 is 1.12 bits per heavy atom. The molecular formula is C19H21BrO3S. The van der Waals surface area contributed by atoms with Gasteiger partial charge in [0.25, 0.3) is 0 Å². The minimum atomic E-state index is -0.0300. The summed E-state index contributed by atoms with van der Waals surface area (Å²) in [5.74, 6) is 0.845. The molecule has 0 radical (unpaired) electrons. The molecular weight excluding hydrogens is 388 g/mol. The van der Waals surface area contributed by atoms with Crippen LogP contribution in [-0.4, -0.2) is 19.8 Å². The van der Waals surface area contributed by atoms with Crippen molar-refractivity contribution in [1.82, 2.24) is 0 Å². The van der Waals surface area contributed by atoms with Crippen LogP contribution in [0.5, 0.6) is 5.75 Å². The van der Waals surface area contributed by atoms with Gasteiger partial charge in [0.05, 0.1) is 26.4 Å². The molecule has 0 spiro atoms. The third-order valence-electron chi connectivity index (χ3n) is 3.34. The molecule has 1 unspecified atom stereocenters. The first-order valence-corrected chi connectivity index (χ1v) is 9.17. The summed E-state index contributed by atoms with van der Waals surface area (Å²) in [6.45, 7) is 4.97. The number of methoxy groups -OCH3 is 1. The fraction of sp³-hybridized carbons (Fsp3) is 0.263. The summed E-state index contributed by atoms with van der Waals surface area (Å²) >= 11 is 4.79. The lowest BCUT2D eigenvalue weighted by Gasteiger charge is -2.14. The van der Waals surface area contributed by atoms with Crippen LogP contribution in [0.3, 0.4) is 0 Å². The highest BCUT2D eigenvalue weighted by atomic mass is 79.9. The molecule has 2 rings (SSSR count). The summed E-state index contributed by atoms with van der Waals surface area (Å²) < 4.78 is 17.7. The van der Waals surface area contributed by atoms with Crippen LogP contribution in [0.25, 0.3) is 0 Å². The lowest BCUT2D eigenvalue weighted by Crippen LogP contribution is -2.12. The molecule has 0 heterocycles. The molecule has 3 nitrogen and oxygen atoms in total. The quantitative estimate of drug-likeness (QED) is 0.288. The first-order valence-electron chi connectivity index (χ1n) is 7.63. The van der Waals surface area contributed by atoms with Gasteiger partial charge in [0.15, 0.2) is 0 Å². The van der Waals surface area contributed by atoms with Gasteiger partial charge in [-0.3, -0.25) is 0 Å². The van der Waals surface area contributed by atoms with Gasteiger partial charge in [-0.25, -0.2) is 0 Å². The number of halogens is 1. The van der Waals surface area contributed by atoms with Crippen molar-refractivity contribution in [3.05, 3.63) is 71.2 Å². The van der Waals surface area contributed by atoms with E-state index in [1.807, 2.05) is 54.6 Å². The van der Waals surface area contributed by atoms with Crippen molar-refractivity contribution >= 4 is 28.0 Å². The Morgan fingerprint density at radius 2 is 1.83 bits per heavy atom. The zero-order chi connectivity index (χ0) is 17.2. The Morgan fingerprint density at radius 3 is 2.46 bits per heavy atom. The molecule has 1 atom stereocenters. The standard InChI is InChI=1S/C19H21BrO3S/c1-3-17(22-14-15-4-8-18(21-2)9-5-15)12-13-23-24-19-10-6-16(20)7-11-19/h3-11,17H,1,12-14H2,2H3. The van der Waals surface area contributed by atoms with Crippen molar-refractivity contribution in [3.8, 4) is 5.75 Å². The van der Waals surface area contributed by atoms with Crippen LogP contribution in [0.1, 0.15) is 12.0 Å². The van der Waals surface area contributed by atoms with Gasteiger partial charge in [-0.05, 0) is 42.0 Å². The van der Waals surface area contributed by atoms with E-state index in [9.17, 15) is 0 Å². The number of benzene rings is 2. The number of ether oxygens (including phenoxy) is 2. The largest absolute Gasteiger partial charge is 0.497 e. The van der Waals surface area contributed by atoms with E-state index in [0.717, 1.165) is 27.1 Å². The Hall–Kier alpha value is -1.27. The molecule has 0 saturated heterocycles. The Kier molecular flexibility index (Phi) is 8.39. The SMILES string of the molecule is C=CC(CCOSc1ccc(Br)cc1)OCc1ccc(OC)cc1. The predicted octanol–water partition coefficient (Wildman–Crippen LogP) is 5.64. The molecule has 128 valence electrons. The maximum atomic E-state index is 5.86. The van der Waals surface area contributed by atoms with Gasteiger partial charge >= 0.3 is 0 Å². The zero-order valence-electron chi connectivity index (χ0n) is 13.6. The third kappa shape index (κ3) is 6.69. The van der Waals surface area contributed by atoms with E-state index in [-0.39, 0.29) is 6.10 Å². The van der Waals surface area contributed by atoms with Crippen molar-refractivity contribution in [2.24, 2.45) is 0 Å². The van der Waals surface area contributed by atoms with E-state index in [1.54, 1.807) is 7.11 Å². The van der Waals surface area contributed by atoms with Gasteiger partial charge in [-0.1, -0.05) is 34.1 Å². The molecule has 24 heavy (non-hydrogen) atoms. The van der Waals surface area contributed by atoms with Crippen molar-refractivity contribution < 1.29 is 13.7 Å². The zero-order valence-corrected chi connectivity index (χ0v) is 16.0. The van der Waals surface area contributed by atoms with Crippen LogP contribution < -0.4 is 4.74 Å². The number of hydrogen-bond acceptors (Lipinski definition) is 4. The average molecular weight is 409 g/mol. The summed E-state index contributed by atoms with van der Waals surface area (Å²) in [4.78, 5) is 1.08. The van der Waals surface area contributed by atoms with E-state index >= 15 is 0 Å². The fourth-order valence-corrected chi connectivity index (χ4v) is 2.79. The van der Waals surface area contributed by atoms with Gasteiger partial charge in [0.1, 0.15) is 5.75 Å². The molecule has 2 aromatic carbocycles. The van der Waals surface area contributed by atoms with Gasteiger partial charge in [-0.2, -0.15) is 0 Å². The summed E-state index contributed by atoms with van der Waals surface area (Å²) in [5.41, 5.74) is 1.10. The maximum Gasteiger partial charge on any atom is 0.118 e. The second-order valence-corrected chi connectivity index (χ2v) is 6.87. The van der Waals surface area contributed by atoms with Gasteiger partial charge in [-0.15, -0.1) is 6.58 Å². The predicted molar refractivity (Wildman–Crippen MR) is 102 cm³/mol. The molecule has 0 aliphatic heterocycles. The van der Waals surface area contributed by atoms with E-state index in [1.165, 1.54) is 12.0 Å². The lowest BCUT2D eigenvalue weighted by atomic mass is 10.2. The highest BCUT2D eigenvalue weighted by Crippen LogP contribution is 2.22. The van der Waals surface area contributed by atoms with Crippen LogP contribution in [0, 0.1) is 0 Å². The Balaban J connectivity index is 1.67. The minimum absolute atomic E-state index is 0.0300. The van der Waals surface area contributed by atoms with E-state index in [0.29, 0.717) is 13.2 Å². The molecule has 0 fully saturated rings. The van der Waals surface area contributed by atoms with E-state index in [2.05, 4.69) is 22.5 Å². The van der Waals surface area contributed by atoms with Crippen LogP contribution in [0.4, 0.5) is 0 Å². The molecule has 5 heteroatoms.